The van der Waals surface area contributed by atoms with E-state index in [2.05, 4.69) is 52.6 Å². The highest BCUT2D eigenvalue weighted by molar-refractivity contribution is 7.85. The Hall–Kier alpha value is -3.96. The number of carbonyl (C=O) groups excluding carboxylic acids is 1. The normalized spacial score (nSPS) is 20.1. The summed E-state index contributed by atoms with van der Waals surface area (Å²) in [5.41, 5.74) is 2.98. The third kappa shape index (κ3) is 7.37. The molecule has 2 aromatic carbocycles. The number of likely N-dealkylation sites (tertiary alicyclic amines) is 1. The van der Waals surface area contributed by atoms with E-state index in [9.17, 15) is 18.5 Å². The van der Waals surface area contributed by atoms with E-state index in [0.29, 0.717) is 56.8 Å². The second-order valence-corrected chi connectivity index (χ2v) is 14.7. The summed E-state index contributed by atoms with van der Waals surface area (Å²) in [6, 6.07) is 14.4. The van der Waals surface area contributed by atoms with Crippen LogP contribution < -0.4 is 14.5 Å². The minimum Gasteiger partial charge on any atom is -0.462 e. The average Bonchev–Trinajstić information content (AvgIpc) is 3.49. The van der Waals surface area contributed by atoms with Gasteiger partial charge in [-0.05, 0) is 56.8 Å². The van der Waals surface area contributed by atoms with Gasteiger partial charge in [0.25, 0.3) is 10.1 Å². The molecule has 0 unspecified atom stereocenters. The Bertz CT molecular complexity index is 1860. The van der Waals surface area contributed by atoms with E-state index < -0.39 is 27.8 Å². The lowest BCUT2D eigenvalue weighted by Gasteiger charge is -2.42. The van der Waals surface area contributed by atoms with Gasteiger partial charge in [0.15, 0.2) is 0 Å². The number of amides is 1. The lowest BCUT2D eigenvalue weighted by Crippen LogP contribution is -2.56. The van der Waals surface area contributed by atoms with Crippen molar-refractivity contribution in [1.29, 1.82) is 5.26 Å². The van der Waals surface area contributed by atoms with E-state index in [-0.39, 0.29) is 24.5 Å². The lowest BCUT2D eigenvalue weighted by molar-refractivity contribution is -0.129. The lowest BCUT2D eigenvalue weighted by atomic mass is 10.0. The van der Waals surface area contributed by atoms with Crippen LogP contribution in [0.1, 0.15) is 36.9 Å². The summed E-state index contributed by atoms with van der Waals surface area (Å²) in [7, 11) is -2.15. The molecule has 1 aromatic heterocycles. The predicted octanol–water partition coefficient (Wildman–Crippen LogP) is 4.08. The fraction of sp³-hybridized carbons (Fsp3) is 0.471. The molecule has 0 spiro atoms. The van der Waals surface area contributed by atoms with Crippen molar-refractivity contribution in [3.05, 3.63) is 64.8 Å². The molecule has 0 aliphatic carbocycles. The van der Waals surface area contributed by atoms with Gasteiger partial charge in [-0.2, -0.15) is 23.6 Å². The van der Waals surface area contributed by atoms with Crippen LogP contribution in [0.2, 0.25) is 5.02 Å². The molecule has 1 amide bonds. The Morgan fingerprint density at radius 2 is 1.92 bits per heavy atom. The van der Waals surface area contributed by atoms with Crippen molar-refractivity contribution in [1.82, 2.24) is 19.8 Å². The van der Waals surface area contributed by atoms with Crippen molar-refractivity contribution in [2.45, 2.75) is 50.7 Å². The van der Waals surface area contributed by atoms with Gasteiger partial charge >= 0.3 is 6.01 Å². The van der Waals surface area contributed by atoms with Crippen LogP contribution in [0.15, 0.2) is 48.6 Å². The number of aromatic nitrogens is 2. The van der Waals surface area contributed by atoms with Crippen LogP contribution in [0.3, 0.4) is 0 Å². The number of rotatable bonds is 10. The van der Waals surface area contributed by atoms with E-state index >= 15 is 0 Å². The highest BCUT2D eigenvalue weighted by atomic mass is 35.5. The van der Waals surface area contributed by atoms with Crippen LogP contribution in [0.5, 0.6) is 6.01 Å². The highest BCUT2D eigenvalue weighted by Gasteiger charge is 2.35. The van der Waals surface area contributed by atoms with Gasteiger partial charge in [0, 0.05) is 54.4 Å². The van der Waals surface area contributed by atoms with Gasteiger partial charge in [0.05, 0.1) is 41.5 Å². The Kier molecular flexibility index (Phi) is 10.1. The van der Waals surface area contributed by atoms with Gasteiger partial charge in [0.1, 0.15) is 12.4 Å². The van der Waals surface area contributed by atoms with Crippen molar-refractivity contribution in [2.75, 3.05) is 61.9 Å². The number of anilines is 2. The Balaban J connectivity index is 1.29. The van der Waals surface area contributed by atoms with Crippen molar-refractivity contribution in [3.8, 4) is 12.1 Å². The molecule has 12 nitrogen and oxygen atoms in total. The number of nitriles is 1. The SMILES string of the molecule is C=C(CCS(=O)(=O)O)C(=O)N1CCN(c2nc(OC[C@@H]3CCCN3C)nc3c2CCN(c2cccc4cccc(Cl)c24)C3)C[C@@H]1CC#N. The second-order valence-electron chi connectivity index (χ2n) is 12.7. The van der Waals surface area contributed by atoms with Gasteiger partial charge in [-0.3, -0.25) is 9.35 Å². The number of halogens is 1. The number of carbonyl (C=O) groups is 1. The molecule has 2 atom stereocenters. The molecule has 0 bridgehead atoms. The Morgan fingerprint density at radius 1 is 1.12 bits per heavy atom. The fourth-order valence-electron chi connectivity index (χ4n) is 6.98. The summed E-state index contributed by atoms with van der Waals surface area (Å²) < 4.78 is 38.0. The smallest absolute Gasteiger partial charge is 0.318 e. The number of hydrogen-bond acceptors (Lipinski definition) is 10. The summed E-state index contributed by atoms with van der Waals surface area (Å²) >= 11 is 6.70. The summed E-state index contributed by atoms with van der Waals surface area (Å²) in [6.45, 7) is 7.60. The topological polar surface area (TPSA) is 143 Å². The number of nitrogens with zero attached hydrogens (tertiary/aromatic N) is 7. The van der Waals surface area contributed by atoms with Crippen LogP contribution in [0, 0.1) is 11.3 Å². The largest absolute Gasteiger partial charge is 0.462 e. The maximum Gasteiger partial charge on any atom is 0.318 e. The average molecular weight is 694 g/mol. The maximum absolute atomic E-state index is 13.3. The Labute approximate surface area is 286 Å². The van der Waals surface area contributed by atoms with E-state index in [4.69, 9.17) is 30.9 Å². The first-order valence-electron chi connectivity index (χ1n) is 16.2. The van der Waals surface area contributed by atoms with Gasteiger partial charge < -0.3 is 24.3 Å². The zero-order valence-corrected chi connectivity index (χ0v) is 28.6. The van der Waals surface area contributed by atoms with Crippen LogP contribution in [-0.2, 0) is 27.9 Å². The van der Waals surface area contributed by atoms with Crippen LogP contribution in [0.25, 0.3) is 10.8 Å². The van der Waals surface area contributed by atoms with Gasteiger partial charge in [0.2, 0.25) is 5.91 Å². The van der Waals surface area contributed by atoms with Gasteiger partial charge in [-0.15, -0.1) is 0 Å². The van der Waals surface area contributed by atoms with Crippen molar-refractivity contribution in [2.24, 2.45) is 0 Å². The number of hydrogen-bond donors (Lipinski definition) is 1. The van der Waals surface area contributed by atoms with Crippen LogP contribution in [-0.4, -0.2) is 103 Å². The first kappa shape index (κ1) is 33.9. The molecule has 6 rings (SSSR count). The summed E-state index contributed by atoms with van der Waals surface area (Å²) in [6.07, 6.45) is 2.73. The van der Waals surface area contributed by atoms with Crippen LogP contribution >= 0.6 is 11.6 Å². The number of likely N-dealkylation sites (N-methyl/N-ethyl adjacent to an activating group) is 1. The van der Waals surface area contributed by atoms with Crippen LogP contribution in [0.4, 0.5) is 11.5 Å². The zero-order valence-electron chi connectivity index (χ0n) is 27.0. The molecule has 3 aliphatic rings. The number of fused-ring (bicyclic) bond motifs is 2. The zero-order chi connectivity index (χ0) is 34.0. The monoisotopic (exact) mass is 693 g/mol. The quantitative estimate of drug-likeness (QED) is 0.242. The molecule has 3 aliphatic heterocycles. The number of piperazine rings is 1. The molecule has 254 valence electrons. The molecule has 3 aromatic rings. The predicted molar refractivity (Wildman–Crippen MR) is 185 cm³/mol. The summed E-state index contributed by atoms with van der Waals surface area (Å²) in [5.74, 6) is -0.266. The number of ether oxygens (including phenoxy) is 1. The van der Waals surface area contributed by atoms with E-state index in [1.165, 1.54) is 0 Å². The van der Waals surface area contributed by atoms with Gasteiger partial charge in [-0.1, -0.05) is 42.4 Å². The Morgan fingerprint density at radius 3 is 2.65 bits per heavy atom. The maximum atomic E-state index is 13.3. The van der Waals surface area contributed by atoms with Crippen molar-refractivity contribution in [3.63, 3.8) is 0 Å². The molecule has 48 heavy (non-hydrogen) atoms. The molecular weight excluding hydrogens is 654 g/mol. The molecular formula is C34H40ClN7O5S. The van der Waals surface area contributed by atoms with Crippen molar-refractivity contribution < 1.29 is 22.5 Å². The molecule has 4 heterocycles. The highest BCUT2D eigenvalue weighted by Crippen LogP contribution is 2.37. The number of benzene rings is 2. The molecule has 0 radical (unpaired) electrons. The third-order valence-electron chi connectivity index (χ3n) is 9.61. The van der Waals surface area contributed by atoms with E-state index in [1.807, 2.05) is 18.2 Å². The van der Waals surface area contributed by atoms with E-state index in [1.54, 1.807) is 4.90 Å². The first-order valence-corrected chi connectivity index (χ1v) is 18.2. The van der Waals surface area contributed by atoms with E-state index in [0.717, 1.165) is 52.9 Å². The molecule has 1 N–H and O–H groups in total. The summed E-state index contributed by atoms with van der Waals surface area (Å²) in [5, 5.41) is 12.4. The molecule has 0 saturated carbocycles. The van der Waals surface area contributed by atoms with Crippen molar-refractivity contribution >= 4 is 49.9 Å². The second kappa shape index (κ2) is 14.3. The first-order chi connectivity index (χ1) is 23.0. The minimum atomic E-state index is -4.24. The fourth-order valence-corrected chi connectivity index (χ4v) is 7.76. The third-order valence-corrected chi connectivity index (χ3v) is 10.6. The molecule has 2 saturated heterocycles. The minimum absolute atomic E-state index is 0.0737. The van der Waals surface area contributed by atoms with Gasteiger partial charge in [-0.25, -0.2) is 0 Å². The molecule has 2 fully saturated rings. The standard InChI is InChI=1S/C34H40ClN7O5S/c1-23(13-19-48(44,45)46)33(43)42-18-17-41(20-25(42)11-14-36)32-27-12-16-40(30-10-4-7-24-6-3-9-28(35)31(24)30)21-29(27)37-34(38-32)47-22-26-8-5-15-39(26)2/h3-4,6-7,9-10,25-26H,1,5,8,11-13,15-22H2,2H3,(H,44,45,46)/t25-,26-/m0/s1. The molecule has 14 heteroatoms. The summed E-state index contributed by atoms with van der Waals surface area (Å²) in [4.78, 5) is 31.5.